The number of anilines is 1. The largest absolute Gasteiger partial charge is 0.454 e. The van der Waals surface area contributed by atoms with Gasteiger partial charge < -0.3 is 15.2 Å². The predicted octanol–water partition coefficient (Wildman–Crippen LogP) is 2.42. The summed E-state index contributed by atoms with van der Waals surface area (Å²) in [6, 6.07) is 12.9. The molecular formula is C15H13NO3. The summed E-state index contributed by atoms with van der Waals surface area (Å²) in [4.78, 5) is 12.3. The summed E-state index contributed by atoms with van der Waals surface area (Å²) < 4.78 is 10.5. The molecule has 0 spiro atoms. The van der Waals surface area contributed by atoms with E-state index in [0.717, 1.165) is 5.56 Å². The molecule has 0 fully saturated rings. The molecule has 96 valence electrons. The van der Waals surface area contributed by atoms with Crippen molar-refractivity contribution in [3.63, 3.8) is 0 Å². The molecule has 4 heteroatoms. The zero-order valence-corrected chi connectivity index (χ0v) is 10.3. The van der Waals surface area contributed by atoms with Gasteiger partial charge in [0.25, 0.3) is 0 Å². The van der Waals surface area contributed by atoms with Crippen LogP contribution in [0.2, 0.25) is 0 Å². The Morgan fingerprint density at radius 2 is 1.79 bits per heavy atom. The lowest BCUT2D eigenvalue weighted by Crippen LogP contribution is -2.07. The Labute approximate surface area is 110 Å². The number of Topliss-reactive ketones (excluding diaryl/α,β-unsaturated/α-hetero) is 1. The van der Waals surface area contributed by atoms with Gasteiger partial charge in [0.2, 0.25) is 6.79 Å². The quantitative estimate of drug-likeness (QED) is 0.676. The molecular weight excluding hydrogens is 242 g/mol. The standard InChI is InChI=1S/C15H13NO3/c16-12-8-15-14(18-9-19-15)7-11(12)13(17)6-10-4-2-1-3-5-10/h1-5,7-8H,6,9,16H2. The van der Waals surface area contributed by atoms with Crippen LogP contribution in [0.15, 0.2) is 42.5 Å². The normalized spacial score (nSPS) is 12.4. The van der Waals surface area contributed by atoms with E-state index in [1.807, 2.05) is 30.3 Å². The second kappa shape index (κ2) is 4.65. The number of hydrogen-bond acceptors (Lipinski definition) is 4. The Morgan fingerprint density at radius 1 is 1.11 bits per heavy atom. The van der Waals surface area contributed by atoms with Crippen molar-refractivity contribution in [3.05, 3.63) is 53.6 Å². The summed E-state index contributed by atoms with van der Waals surface area (Å²) in [7, 11) is 0. The van der Waals surface area contributed by atoms with Crippen LogP contribution in [0.3, 0.4) is 0 Å². The van der Waals surface area contributed by atoms with Crippen LogP contribution in [0.5, 0.6) is 11.5 Å². The predicted molar refractivity (Wildman–Crippen MR) is 71.5 cm³/mol. The first-order valence-electron chi connectivity index (χ1n) is 6.00. The number of nitrogen functional groups attached to an aromatic ring is 1. The van der Waals surface area contributed by atoms with Crippen molar-refractivity contribution in [2.24, 2.45) is 0 Å². The third kappa shape index (κ3) is 2.25. The zero-order chi connectivity index (χ0) is 13.2. The van der Waals surface area contributed by atoms with Crippen molar-refractivity contribution in [2.45, 2.75) is 6.42 Å². The van der Waals surface area contributed by atoms with E-state index in [1.54, 1.807) is 12.1 Å². The number of nitrogens with two attached hydrogens (primary N) is 1. The molecule has 1 heterocycles. The number of fused-ring (bicyclic) bond motifs is 1. The average Bonchev–Trinajstić information content (AvgIpc) is 2.86. The molecule has 4 nitrogen and oxygen atoms in total. The van der Waals surface area contributed by atoms with E-state index in [-0.39, 0.29) is 12.6 Å². The van der Waals surface area contributed by atoms with Gasteiger partial charge in [-0.1, -0.05) is 30.3 Å². The molecule has 0 amide bonds. The van der Waals surface area contributed by atoms with Crippen molar-refractivity contribution >= 4 is 11.5 Å². The average molecular weight is 255 g/mol. The van der Waals surface area contributed by atoms with E-state index < -0.39 is 0 Å². The lowest BCUT2D eigenvalue weighted by Gasteiger charge is -2.06. The second-order valence-corrected chi connectivity index (χ2v) is 4.38. The SMILES string of the molecule is Nc1cc2c(cc1C(=O)Cc1ccccc1)OCO2. The fourth-order valence-corrected chi connectivity index (χ4v) is 2.08. The highest BCUT2D eigenvalue weighted by Gasteiger charge is 2.19. The van der Waals surface area contributed by atoms with Crippen molar-refractivity contribution in [1.82, 2.24) is 0 Å². The van der Waals surface area contributed by atoms with Gasteiger partial charge in [-0.2, -0.15) is 0 Å². The first-order valence-corrected chi connectivity index (χ1v) is 6.00. The summed E-state index contributed by atoms with van der Waals surface area (Å²) in [5, 5.41) is 0. The number of rotatable bonds is 3. The summed E-state index contributed by atoms with van der Waals surface area (Å²) >= 11 is 0. The first-order chi connectivity index (χ1) is 9.24. The van der Waals surface area contributed by atoms with Crippen LogP contribution in [0, 0.1) is 0 Å². The molecule has 1 aliphatic heterocycles. The van der Waals surface area contributed by atoms with E-state index in [1.165, 1.54) is 0 Å². The zero-order valence-electron chi connectivity index (χ0n) is 10.3. The minimum Gasteiger partial charge on any atom is -0.454 e. The molecule has 0 radical (unpaired) electrons. The Morgan fingerprint density at radius 3 is 2.53 bits per heavy atom. The molecule has 0 atom stereocenters. The molecule has 0 bridgehead atoms. The van der Waals surface area contributed by atoms with Crippen LogP contribution < -0.4 is 15.2 Å². The van der Waals surface area contributed by atoms with E-state index in [0.29, 0.717) is 29.2 Å². The highest BCUT2D eigenvalue weighted by molar-refractivity contribution is 6.02. The van der Waals surface area contributed by atoms with E-state index in [2.05, 4.69) is 0 Å². The Balaban J connectivity index is 1.88. The van der Waals surface area contributed by atoms with Crippen molar-refractivity contribution in [3.8, 4) is 11.5 Å². The third-order valence-corrected chi connectivity index (χ3v) is 3.05. The molecule has 1 aliphatic rings. The molecule has 2 aromatic rings. The van der Waals surface area contributed by atoms with Gasteiger partial charge in [-0.25, -0.2) is 0 Å². The van der Waals surface area contributed by atoms with E-state index >= 15 is 0 Å². The van der Waals surface area contributed by atoms with Gasteiger partial charge in [-0.3, -0.25) is 4.79 Å². The Bertz CT molecular complexity index is 623. The maximum atomic E-state index is 12.3. The van der Waals surface area contributed by atoms with Crippen LogP contribution in [0.1, 0.15) is 15.9 Å². The minimum atomic E-state index is -0.0259. The molecule has 0 saturated carbocycles. The number of benzene rings is 2. The molecule has 3 rings (SSSR count). The van der Waals surface area contributed by atoms with Crippen molar-refractivity contribution in [1.29, 1.82) is 0 Å². The molecule has 0 saturated heterocycles. The van der Waals surface area contributed by atoms with Gasteiger partial charge in [-0.15, -0.1) is 0 Å². The fourth-order valence-electron chi connectivity index (χ4n) is 2.08. The number of hydrogen-bond donors (Lipinski definition) is 1. The van der Waals surface area contributed by atoms with Crippen LogP contribution >= 0.6 is 0 Å². The topological polar surface area (TPSA) is 61.6 Å². The summed E-state index contributed by atoms with van der Waals surface area (Å²) in [5.74, 6) is 1.14. The van der Waals surface area contributed by atoms with Crippen molar-refractivity contribution < 1.29 is 14.3 Å². The maximum absolute atomic E-state index is 12.3. The van der Waals surface area contributed by atoms with Gasteiger partial charge >= 0.3 is 0 Å². The smallest absolute Gasteiger partial charge is 0.231 e. The van der Waals surface area contributed by atoms with Gasteiger partial charge in [0.1, 0.15) is 0 Å². The lowest BCUT2D eigenvalue weighted by atomic mass is 10.0. The molecule has 2 aromatic carbocycles. The fraction of sp³-hybridized carbons (Fsp3) is 0.133. The summed E-state index contributed by atoms with van der Waals surface area (Å²) in [6.45, 7) is 0.172. The molecule has 0 aromatic heterocycles. The van der Waals surface area contributed by atoms with Crippen LogP contribution in [0.25, 0.3) is 0 Å². The van der Waals surface area contributed by atoms with Gasteiger partial charge in [0.15, 0.2) is 17.3 Å². The molecule has 2 N–H and O–H groups in total. The Hall–Kier alpha value is -2.49. The maximum Gasteiger partial charge on any atom is 0.231 e. The number of carbonyl (C=O) groups is 1. The summed E-state index contributed by atoms with van der Waals surface area (Å²) in [5.41, 5.74) is 7.76. The molecule has 0 unspecified atom stereocenters. The lowest BCUT2D eigenvalue weighted by molar-refractivity contribution is 0.0993. The highest BCUT2D eigenvalue weighted by atomic mass is 16.7. The third-order valence-electron chi connectivity index (χ3n) is 3.05. The van der Waals surface area contributed by atoms with Gasteiger partial charge in [0, 0.05) is 23.7 Å². The number of ketones is 1. The minimum absolute atomic E-state index is 0.0259. The Kier molecular flexibility index (Phi) is 2.83. The number of ether oxygens (including phenoxy) is 2. The van der Waals surface area contributed by atoms with E-state index in [4.69, 9.17) is 15.2 Å². The monoisotopic (exact) mass is 255 g/mol. The van der Waals surface area contributed by atoms with Gasteiger partial charge in [-0.05, 0) is 11.6 Å². The van der Waals surface area contributed by atoms with Crippen molar-refractivity contribution in [2.75, 3.05) is 12.5 Å². The second-order valence-electron chi connectivity index (χ2n) is 4.38. The molecule has 0 aliphatic carbocycles. The van der Waals surface area contributed by atoms with Gasteiger partial charge in [0.05, 0.1) is 0 Å². The highest BCUT2D eigenvalue weighted by Crippen LogP contribution is 2.36. The number of carbonyl (C=O) groups excluding carboxylic acids is 1. The van der Waals surface area contributed by atoms with Crippen LogP contribution in [0.4, 0.5) is 5.69 Å². The van der Waals surface area contributed by atoms with Crippen LogP contribution in [-0.4, -0.2) is 12.6 Å². The van der Waals surface area contributed by atoms with Crippen LogP contribution in [-0.2, 0) is 6.42 Å². The van der Waals surface area contributed by atoms with E-state index in [9.17, 15) is 4.79 Å². The first kappa shape index (κ1) is 11.6. The molecule has 19 heavy (non-hydrogen) atoms. The summed E-state index contributed by atoms with van der Waals surface area (Å²) in [6.07, 6.45) is 0.324.